The first-order valence-corrected chi connectivity index (χ1v) is 6.24. The van der Waals surface area contributed by atoms with E-state index in [0.717, 1.165) is 22.0 Å². The molecule has 0 aliphatic heterocycles. The first-order chi connectivity index (χ1) is 9.25. The maximum absolute atomic E-state index is 12.4. The van der Waals surface area contributed by atoms with Crippen molar-refractivity contribution in [1.82, 2.24) is 9.97 Å². The Morgan fingerprint density at radius 3 is 2.95 bits per heavy atom. The Hall–Kier alpha value is -2.42. The number of ketones is 1. The summed E-state index contributed by atoms with van der Waals surface area (Å²) in [7, 11) is 0. The molecular formula is C16H14N2O. The molecule has 1 N–H and O–H groups in total. The SMILES string of the molecule is Cc1ccccc1CC(=O)c1c[nH]c2ccncc12. The largest absolute Gasteiger partial charge is 0.360 e. The summed E-state index contributed by atoms with van der Waals surface area (Å²) in [5, 5.41) is 0.890. The molecule has 3 aromatic rings. The van der Waals surface area contributed by atoms with E-state index in [1.807, 2.05) is 37.3 Å². The highest BCUT2D eigenvalue weighted by Crippen LogP contribution is 2.19. The minimum Gasteiger partial charge on any atom is -0.360 e. The lowest BCUT2D eigenvalue weighted by molar-refractivity contribution is 0.0994. The molecule has 1 aromatic carbocycles. The van der Waals surface area contributed by atoms with E-state index in [1.54, 1.807) is 18.6 Å². The zero-order valence-corrected chi connectivity index (χ0v) is 10.7. The smallest absolute Gasteiger partial charge is 0.169 e. The molecule has 0 amide bonds. The minimum absolute atomic E-state index is 0.119. The van der Waals surface area contributed by atoms with E-state index in [9.17, 15) is 4.79 Å². The van der Waals surface area contributed by atoms with Crippen molar-refractivity contribution < 1.29 is 4.79 Å². The molecule has 94 valence electrons. The van der Waals surface area contributed by atoms with E-state index < -0.39 is 0 Å². The maximum Gasteiger partial charge on any atom is 0.169 e. The lowest BCUT2D eigenvalue weighted by atomic mass is 10.00. The van der Waals surface area contributed by atoms with Gasteiger partial charge in [0.2, 0.25) is 0 Å². The van der Waals surface area contributed by atoms with Gasteiger partial charge in [-0.25, -0.2) is 0 Å². The number of hydrogen-bond acceptors (Lipinski definition) is 2. The molecule has 3 heteroatoms. The van der Waals surface area contributed by atoms with Gasteiger partial charge in [-0.15, -0.1) is 0 Å². The third-order valence-corrected chi connectivity index (χ3v) is 3.40. The van der Waals surface area contributed by atoms with E-state index in [0.29, 0.717) is 12.0 Å². The minimum atomic E-state index is 0.119. The summed E-state index contributed by atoms with van der Waals surface area (Å²) >= 11 is 0. The number of aromatic nitrogens is 2. The topological polar surface area (TPSA) is 45.8 Å². The summed E-state index contributed by atoms with van der Waals surface area (Å²) < 4.78 is 0. The lowest BCUT2D eigenvalue weighted by Crippen LogP contribution is -2.04. The van der Waals surface area contributed by atoms with Gasteiger partial charge >= 0.3 is 0 Å². The van der Waals surface area contributed by atoms with Crippen LogP contribution in [0.15, 0.2) is 48.9 Å². The van der Waals surface area contributed by atoms with Gasteiger partial charge < -0.3 is 4.98 Å². The molecule has 0 unspecified atom stereocenters. The van der Waals surface area contributed by atoms with Crippen molar-refractivity contribution in [3.63, 3.8) is 0 Å². The van der Waals surface area contributed by atoms with Crippen molar-refractivity contribution in [1.29, 1.82) is 0 Å². The number of fused-ring (bicyclic) bond motifs is 1. The fourth-order valence-electron chi connectivity index (χ4n) is 2.27. The van der Waals surface area contributed by atoms with Crippen LogP contribution in [0.2, 0.25) is 0 Å². The van der Waals surface area contributed by atoms with Gasteiger partial charge in [-0.3, -0.25) is 9.78 Å². The van der Waals surface area contributed by atoms with Crippen molar-refractivity contribution in [2.75, 3.05) is 0 Å². The molecule has 3 nitrogen and oxygen atoms in total. The number of nitrogens with one attached hydrogen (secondary N) is 1. The van der Waals surface area contributed by atoms with Crippen LogP contribution in [0.1, 0.15) is 21.5 Å². The third-order valence-electron chi connectivity index (χ3n) is 3.40. The van der Waals surface area contributed by atoms with Gasteiger partial charge in [0.1, 0.15) is 0 Å². The lowest BCUT2D eigenvalue weighted by Gasteiger charge is -2.04. The molecule has 0 spiro atoms. The number of rotatable bonds is 3. The van der Waals surface area contributed by atoms with E-state index in [4.69, 9.17) is 0 Å². The Labute approximate surface area is 111 Å². The number of carbonyl (C=O) groups excluding carboxylic acids is 1. The molecule has 0 aliphatic rings. The van der Waals surface area contributed by atoms with Crippen molar-refractivity contribution >= 4 is 16.7 Å². The molecule has 0 bridgehead atoms. The van der Waals surface area contributed by atoms with Crippen LogP contribution in [-0.2, 0) is 6.42 Å². The first kappa shape index (κ1) is 11.7. The number of aromatic amines is 1. The zero-order chi connectivity index (χ0) is 13.2. The quantitative estimate of drug-likeness (QED) is 0.725. The summed E-state index contributed by atoms with van der Waals surface area (Å²) in [5.74, 6) is 0.119. The second kappa shape index (κ2) is 4.69. The van der Waals surface area contributed by atoms with Crippen molar-refractivity contribution in [2.45, 2.75) is 13.3 Å². The van der Waals surface area contributed by atoms with Gasteiger partial charge in [-0.2, -0.15) is 0 Å². The monoisotopic (exact) mass is 250 g/mol. The van der Waals surface area contributed by atoms with Crippen LogP contribution in [0.25, 0.3) is 10.9 Å². The van der Waals surface area contributed by atoms with Crippen molar-refractivity contribution in [3.05, 3.63) is 65.6 Å². The van der Waals surface area contributed by atoms with Crippen LogP contribution >= 0.6 is 0 Å². The number of pyridine rings is 1. The predicted molar refractivity (Wildman–Crippen MR) is 75.3 cm³/mol. The number of hydrogen-bond donors (Lipinski definition) is 1. The summed E-state index contributed by atoms with van der Waals surface area (Å²) in [5.41, 5.74) is 3.88. The normalized spacial score (nSPS) is 10.8. The predicted octanol–water partition coefficient (Wildman–Crippen LogP) is 3.30. The van der Waals surface area contributed by atoms with Crippen LogP contribution in [-0.4, -0.2) is 15.8 Å². The van der Waals surface area contributed by atoms with E-state index >= 15 is 0 Å². The highest BCUT2D eigenvalue weighted by Gasteiger charge is 2.13. The Kier molecular flexibility index (Phi) is 2.88. The molecule has 2 heterocycles. The molecule has 3 rings (SSSR count). The van der Waals surface area contributed by atoms with Gasteiger partial charge in [0.25, 0.3) is 0 Å². The second-order valence-corrected chi connectivity index (χ2v) is 4.65. The van der Waals surface area contributed by atoms with Gasteiger partial charge in [0.05, 0.1) is 0 Å². The molecule has 2 aromatic heterocycles. The number of carbonyl (C=O) groups is 1. The van der Waals surface area contributed by atoms with Crippen LogP contribution in [0.3, 0.4) is 0 Å². The van der Waals surface area contributed by atoms with Crippen LogP contribution < -0.4 is 0 Å². The number of nitrogens with zero attached hydrogens (tertiary/aromatic N) is 1. The Balaban J connectivity index is 1.95. The number of aryl methyl sites for hydroxylation is 1. The van der Waals surface area contributed by atoms with Crippen LogP contribution in [0.5, 0.6) is 0 Å². The summed E-state index contributed by atoms with van der Waals surface area (Å²) in [4.78, 5) is 19.6. The Bertz CT molecular complexity index is 743. The van der Waals surface area contributed by atoms with E-state index in [-0.39, 0.29) is 5.78 Å². The first-order valence-electron chi connectivity index (χ1n) is 6.24. The highest BCUT2D eigenvalue weighted by molar-refractivity contribution is 6.08. The maximum atomic E-state index is 12.4. The average molecular weight is 250 g/mol. The number of H-pyrrole nitrogens is 1. The molecule has 0 radical (unpaired) electrons. The van der Waals surface area contributed by atoms with Gasteiger partial charge in [-0.05, 0) is 24.1 Å². The third kappa shape index (κ3) is 2.15. The number of Topliss-reactive ketones (excluding diaryl/α,β-unsaturated/α-hetero) is 1. The van der Waals surface area contributed by atoms with E-state index in [2.05, 4.69) is 9.97 Å². The second-order valence-electron chi connectivity index (χ2n) is 4.65. The molecule has 0 saturated carbocycles. The molecule has 0 atom stereocenters. The van der Waals surface area contributed by atoms with E-state index in [1.165, 1.54) is 0 Å². The Morgan fingerprint density at radius 1 is 1.26 bits per heavy atom. The standard InChI is InChI=1S/C16H14N2O/c1-11-4-2-3-5-12(11)8-16(19)14-10-18-15-6-7-17-9-13(14)15/h2-7,9-10,18H,8H2,1H3. The zero-order valence-electron chi connectivity index (χ0n) is 10.7. The molecule has 0 aliphatic carbocycles. The van der Waals surface area contributed by atoms with Gasteiger partial charge in [-0.1, -0.05) is 24.3 Å². The van der Waals surface area contributed by atoms with Crippen molar-refractivity contribution in [3.8, 4) is 0 Å². The fourth-order valence-corrected chi connectivity index (χ4v) is 2.27. The molecule has 0 fully saturated rings. The summed E-state index contributed by atoms with van der Waals surface area (Å²) in [6, 6.07) is 9.85. The van der Waals surface area contributed by atoms with Crippen LogP contribution in [0.4, 0.5) is 0 Å². The average Bonchev–Trinajstić information content (AvgIpc) is 2.85. The highest BCUT2D eigenvalue weighted by atomic mass is 16.1. The van der Waals surface area contributed by atoms with Gasteiger partial charge in [0.15, 0.2) is 5.78 Å². The molecule has 19 heavy (non-hydrogen) atoms. The molecule has 0 saturated heterocycles. The summed E-state index contributed by atoms with van der Waals surface area (Å²) in [6.07, 6.45) is 5.65. The van der Waals surface area contributed by atoms with Gasteiger partial charge in [0, 0.05) is 41.5 Å². The Morgan fingerprint density at radius 2 is 2.11 bits per heavy atom. The number of benzene rings is 1. The summed E-state index contributed by atoms with van der Waals surface area (Å²) in [6.45, 7) is 2.03. The van der Waals surface area contributed by atoms with Crippen LogP contribution in [0, 0.1) is 6.92 Å². The molecular weight excluding hydrogens is 236 g/mol. The fraction of sp³-hybridized carbons (Fsp3) is 0.125. The van der Waals surface area contributed by atoms with Crippen molar-refractivity contribution in [2.24, 2.45) is 0 Å².